The van der Waals surface area contributed by atoms with Crippen LogP contribution in [-0.4, -0.2) is 42.7 Å². The molecule has 0 bridgehead atoms. The van der Waals surface area contributed by atoms with E-state index in [9.17, 15) is 18.3 Å². The van der Waals surface area contributed by atoms with Gasteiger partial charge in [0.25, 0.3) is 10.0 Å². The molecule has 21 heavy (non-hydrogen) atoms. The second-order valence-corrected chi connectivity index (χ2v) is 7.09. The number of hydrogen-bond donors (Lipinski definition) is 3. The second-order valence-electron chi connectivity index (χ2n) is 5.38. The van der Waals surface area contributed by atoms with E-state index in [0.29, 0.717) is 0 Å². The molecule has 1 aromatic rings. The number of aromatic carboxylic acids is 1. The van der Waals surface area contributed by atoms with Crippen LogP contribution in [0, 0.1) is 5.41 Å². The lowest BCUT2D eigenvalue weighted by Crippen LogP contribution is -2.38. The molecule has 3 N–H and O–H groups in total. The number of carbonyl (C=O) groups is 1. The Morgan fingerprint density at radius 3 is 2.48 bits per heavy atom. The third kappa shape index (κ3) is 3.58. The van der Waals surface area contributed by atoms with E-state index >= 15 is 0 Å². The van der Waals surface area contributed by atoms with Gasteiger partial charge in [-0.1, -0.05) is 12.8 Å². The molecule has 0 unspecified atom stereocenters. The molecule has 8 heteroatoms. The summed E-state index contributed by atoms with van der Waals surface area (Å²) in [5, 5.41) is 18.0. The highest BCUT2D eigenvalue weighted by Gasteiger charge is 2.34. The Balaban J connectivity index is 2.09. The van der Waals surface area contributed by atoms with Gasteiger partial charge in [0.2, 0.25) is 0 Å². The van der Waals surface area contributed by atoms with Gasteiger partial charge in [-0.05, 0) is 25.0 Å². The predicted octanol–water partition coefficient (Wildman–Crippen LogP) is 0.611. The van der Waals surface area contributed by atoms with Gasteiger partial charge in [-0.25, -0.2) is 22.9 Å². The summed E-state index contributed by atoms with van der Waals surface area (Å²) in [5.41, 5.74) is -0.467. The van der Waals surface area contributed by atoms with Crippen LogP contribution in [0.15, 0.2) is 23.4 Å². The fraction of sp³-hybridized carbons (Fsp3) is 0.538. The predicted molar refractivity (Wildman–Crippen MR) is 74.4 cm³/mol. The molecule has 1 saturated carbocycles. The summed E-state index contributed by atoms with van der Waals surface area (Å²) < 4.78 is 26.7. The Morgan fingerprint density at radius 2 is 2.00 bits per heavy atom. The molecule has 0 aliphatic heterocycles. The smallest absolute Gasteiger partial charge is 0.337 e. The molecule has 1 aliphatic rings. The first kappa shape index (κ1) is 15.9. The van der Waals surface area contributed by atoms with Gasteiger partial charge in [0.15, 0.2) is 5.03 Å². The first-order valence-electron chi connectivity index (χ1n) is 6.68. The van der Waals surface area contributed by atoms with Crippen molar-refractivity contribution in [1.29, 1.82) is 0 Å². The second kappa shape index (κ2) is 6.08. The zero-order valence-corrected chi connectivity index (χ0v) is 12.3. The number of nitrogens with zero attached hydrogens (tertiary/aromatic N) is 1. The van der Waals surface area contributed by atoms with Crippen molar-refractivity contribution < 1.29 is 23.4 Å². The van der Waals surface area contributed by atoms with E-state index in [1.165, 1.54) is 6.07 Å². The van der Waals surface area contributed by atoms with E-state index < -0.39 is 21.4 Å². The molecule has 1 fully saturated rings. The number of carboxylic acids is 1. The highest BCUT2D eigenvalue weighted by Crippen LogP contribution is 2.37. The fourth-order valence-electron chi connectivity index (χ4n) is 2.50. The van der Waals surface area contributed by atoms with E-state index in [-0.39, 0.29) is 23.7 Å². The summed E-state index contributed by atoms with van der Waals surface area (Å²) in [6, 6.07) is 2.35. The Kier molecular flexibility index (Phi) is 4.60. The van der Waals surface area contributed by atoms with Crippen LogP contribution in [0.2, 0.25) is 0 Å². The standard InChI is InChI=1S/C13H18N2O5S/c16-9-13(5-1-2-6-13)8-15-21(19,20)11-4-3-10(7-14-11)12(17)18/h3-4,7,15-16H,1-2,5-6,8-9H2,(H,17,18). The van der Waals surface area contributed by atoms with Gasteiger partial charge in [-0.15, -0.1) is 0 Å². The van der Waals surface area contributed by atoms with Crippen molar-refractivity contribution in [2.24, 2.45) is 5.41 Å². The lowest BCUT2D eigenvalue weighted by Gasteiger charge is -2.26. The molecule has 1 aliphatic carbocycles. The first-order chi connectivity index (χ1) is 9.88. The van der Waals surface area contributed by atoms with Crippen molar-refractivity contribution in [2.75, 3.05) is 13.2 Å². The van der Waals surface area contributed by atoms with Crippen LogP contribution in [-0.2, 0) is 10.0 Å². The third-order valence-corrected chi connectivity index (χ3v) is 5.21. The lowest BCUT2D eigenvalue weighted by molar-refractivity contribution is 0.0696. The van der Waals surface area contributed by atoms with Gasteiger partial charge in [0, 0.05) is 24.8 Å². The quantitative estimate of drug-likeness (QED) is 0.708. The molecular weight excluding hydrogens is 296 g/mol. The molecule has 0 radical (unpaired) electrons. The zero-order valence-electron chi connectivity index (χ0n) is 11.4. The SMILES string of the molecule is O=C(O)c1ccc(S(=O)(=O)NCC2(CO)CCCC2)nc1. The van der Waals surface area contributed by atoms with E-state index in [4.69, 9.17) is 5.11 Å². The van der Waals surface area contributed by atoms with Crippen LogP contribution in [0.4, 0.5) is 0 Å². The number of sulfonamides is 1. The lowest BCUT2D eigenvalue weighted by atomic mass is 9.88. The Labute approximate surface area is 123 Å². The Hall–Kier alpha value is -1.51. The third-order valence-electron chi connectivity index (χ3n) is 3.90. The van der Waals surface area contributed by atoms with Gasteiger partial charge in [-0.2, -0.15) is 0 Å². The normalized spacial score (nSPS) is 17.8. The van der Waals surface area contributed by atoms with E-state index in [1.54, 1.807) is 0 Å². The number of nitrogens with one attached hydrogen (secondary N) is 1. The minimum Gasteiger partial charge on any atom is -0.478 e. The maximum atomic E-state index is 12.1. The first-order valence-corrected chi connectivity index (χ1v) is 8.17. The maximum Gasteiger partial charge on any atom is 0.337 e. The number of carboxylic acid groups (broad SMARTS) is 1. The molecule has 0 atom stereocenters. The van der Waals surface area contributed by atoms with E-state index in [0.717, 1.165) is 37.9 Å². The largest absolute Gasteiger partial charge is 0.478 e. The minimum absolute atomic E-state index is 0.0547. The molecule has 7 nitrogen and oxygen atoms in total. The monoisotopic (exact) mass is 314 g/mol. The number of pyridine rings is 1. The van der Waals surface area contributed by atoms with Crippen molar-refractivity contribution in [3.05, 3.63) is 23.9 Å². The van der Waals surface area contributed by atoms with Crippen LogP contribution in [0.1, 0.15) is 36.0 Å². The maximum absolute atomic E-state index is 12.1. The van der Waals surface area contributed by atoms with Gasteiger partial charge in [-0.3, -0.25) is 0 Å². The van der Waals surface area contributed by atoms with Crippen LogP contribution in [0.5, 0.6) is 0 Å². The van der Waals surface area contributed by atoms with E-state index in [1.807, 2.05) is 0 Å². The zero-order chi connectivity index (χ0) is 15.5. The van der Waals surface area contributed by atoms with Crippen molar-refractivity contribution in [2.45, 2.75) is 30.7 Å². The molecular formula is C13H18N2O5S. The molecule has 2 rings (SSSR count). The molecule has 0 spiro atoms. The fourth-order valence-corrected chi connectivity index (χ4v) is 3.59. The highest BCUT2D eigenvalue weighted by molar-refractivity contribution is 7.89. The number of aromatic nitrogens is 1. The summed E-state index contributed by atoms with van der Waals surface area (Å²) >= 11 is 0. The summed E-state index contributed by atoms with van der Waals surface area (Å²) in [4.78, 5) is 14.4. The number of rotatable bonds is 6. The van der Waals surface area contributed by atoms with Gasteiger partial charge < -0.3 is 10.2 Å². The Bertz CT molecular complexity index is 606. The van der Waals surface area contributed by atoms with Crippen molar-refractivity contribution in [1.82, 2.24) is 9.71 Å². The molecule has 116 valence electrons. The molecule has 1 heterocycles. The summed E-state index contributed by atoms with van der Waals surface area (Å²) in [6.07, 6.45) is 4.55. The summed E-state index contributed by atoms with van der Waals surface area (Å²) in [5.74, 6) is -1.16. The number of aliphatic hydroxyl groups excluding tert-OH is 1. The minimum atomic E-state index is -3.80. The van der Waals surface area contributed by atoms with Gasteiger partial charge in [0.05, 0.1) is 5.56 Å². The average Bonchev–Trinajstić information content (AvgIpc) is 2.95. The van der Waals surface area contributed by atoms with Crippen LogP contribution < -0.4 is 4.72 Å². The van der Waals surface area contributed by atoms with Crippen LogP contribution in [0.3, 0.4) is 0 Å². The van der Waals surface area contributed by atoms with Crippen molar-refractivity contribution >= 4 is 16.0 Å². The summed E-state index contributed by atoms with van der Waals surface area (Å²) in [7, 11) is -3.80. The molecule has 0 saturated heterocycles. The number of hydrogen-bond acceptors (Lipinski definition) is 5. The number of aliphatic hydroxyl groups is 1. The van der Waals surface area contributed by atoms with E-state index in [2.05, 4.69) is 9.71 Å². The topological polar surface area (TPSA) is 117 Å². The molecule has 0 amide bonds. The highest BCUT2D eigenvalue weighted by atomic mass is 32.2. The molecule has 1 aromatic heterocycles. The van der Waals surface area contributed by atoms with Gasteiger partial charge >= 0.3 is 5.97 Å². The van der Waals surface area contributed by atoms with Crippen LogP contribution >= 0.6 is 0 Å². The van der Waals surface area contributed by atoms with Crippen LogP contribution in [0.25, 0.3) is 0 Å². The van der Waals surface area contributed by atoms with Crippen molar-refractivity contribution in [3.63, 3.8) is 0 Å². The summed E-state index contributed by atoms with van der Waals surface area (Å²) in [6.45, 7) is 0.106. The van der Waals surface area contributed by atoms with Crippen molar-refractivity contribution in [3.8, 4) is 0 Å². The molecule has 0 aromatic carbocycles. The average molecular weight is 314 g/mol. The Morgan fingerprint density at radius 1 is 1.33 bits per heavy atom. The van der Waals surface area contributed by atoms with Gasteiger partial charge in [0.1, 0.15) is 0 Å².